The van der Waals surface area contributed by atoms with Crippen LogP contribution in [0.1, 0.15) is 0 Å². The van der Waals surface area contributed by atoms with Crippen LogP contribution in [0.5, 0.6) is 5.75 Å². The van der Waals surface area contributed by atoms with Crippen molar-refractivity contribution in [3.8, 4) is 17.1 Å². The number of rotatable bonds is 3. The van der Waals surface area contributed by atoms with E-state index >= 15 is 0 Å². The van der Waals surface area contributed by atoms with Gasteiger partial charge in [0.05, 0.1) is 15.0 Å². The van der Waals surface area contributed by atoms with Gasteiger partial charge in [-0.15, -0.1) is 10.2 Å². The fourth-order valence-electron chi connectivity index (χ4n) is 3.32. The summed E-state index contributed by atoms with van der Waals surface area (Å²) in [5.41, 5.74) is 2.30. The zero-order valence-corrected chi connectivity index (χ0v) is 20.8. The molecular weight excluding hydrogens is 532 g/mol. The number of aromatic hydroxyl groups is 1. The molecule has 0 fully saturated rings. The number of sulfone groups is 1. The van der Waals surface area contributed by atoms with Gasteiger partial charge in [-0.25, -0.2) is 32.0 Å². The van der Waals surface area contributed by atoms with Crippen LogP contribution in [0.4, 0.5) is 5.13 Å². The van der Waals surface area contributed by atoms with E-state index in [1.54, 1.807) is 36.4 Å². The molecule has 2 N–H and O–H groups in total. The first kappa shape index (κ1) is 25.7. The summed E-state index contributed by atoms with van der Waals surface area (Å²) in [5.74, 6) is 0.766. The van der Waals surface area contributed by atoms with Crippen LogP contribution in [0, 0.1) is 10.2 Å². The molecule has 0 aliphatic carbocycles. The van der Waals surface area contributed by atoms with E-state index in [1.165, 1.54) is 17.6 Å². The van der Waals surface area contributed by atoms with E-state index in [4.69, 9.17) is 28.0 Å². The van der Waals surface area contributed by atoms with E-state index in [0.29, 0.717) is 27.2 Å². The first-order valence-electron chi connectivity index (χ1n) is 10.0. The number of aromatic nitrogens is 1. The molecule has 0 saturated heterocycles. The fraction of sp³-hybridized carbons (Fsp3) is 0.0435. The number of H-pyrrole nitrogens is 1. The van der Waals surface area contributed by atoms with Gasteiger partial charge in [0, 0.05) is 17.9 Å². The topological polar surface area (TPSA) is 186 Å². The summed E-state index contributed by atoms with van der Waals surface area (Å²) in [4.78, 5) is 8.26. The first-order valence-corrected chi connectivity index (χ1v) is 14.0. The molecule has 0 saturated carbocycles. The Labute approximate surface area is 210 Å². The second-order valence-corrected chi connectivity index (χ2v) is 11.3. The molecule has 2 aromatic heterocycles. The van der Waals surface area contributed by atoms with Gasteiger partial charge in [0.2, 0.25) is 0 Å². The Bertz CT molecular complexity index is 1720. The molecule has 0 aliphatic heterocycles. The number of benzene rings is 3. The molecule has 0 aliphatic rings. The van der Waals surface area contributed by atoms with Crippen molar-refractivity contribution in [1.82, 2.24) is 0 Å². The van der Waals surface area contributed by atoms with Crippen molar-refractivity contribution >= 4 is 47.5 Å². The van der Waals surface area contributed by atoms with Gasteiger partial charge in [-0.3, -0.25) is 0 Å². The van der Waals surface area contributed by atoms with Crippen LogP contribution in [0.15, 0.2) is 87.1 Å². The molecule has 2 heterocycles. The van der Waals surface area contributed by atoms with Crippen LogP contribution in [0.25, 0.3) is 32.5 Å². The molecule has 13 heteroatoms. The van der Waals surface area contributed by atoms with Crippen molar-refractivity contribution < 1.29 is 51.8 Å². The van der Waals surface area contributed by atoms with Gasteiger partial charge in [0.1, 0.15) is 22.6 Å². The third kappa shape index (κ3) is 6.44. The Hall–Kier alpha value is -3.36. The SMILES string of the molecule is CS(=O)(=O)c1ccc2[nH+]c(/N=c3\cc(-c4ccccc4)oc4ccc(O)cc34)sc2c1.[O-][Cl+3]([O-])([O-])[O-]. The molecular formula is C23H17ClN2O8S2. The van der Waals surface area contributed by atoms with Crippen molar-refractivity contribution in [2.24, 2.45) is 4.99 Å². The normalized spacial score (nSPS) is 12.5. The van der Waals surface area contributed by atoms with E-state index in [1.807, 2.05) is 36.4 Å². The van der Waals surface area contributed by atoms with Gasteiger partial charge in [0.25, 0.3) is 0 Å². The van der Waals surface area contributed by atoms with E-state index in [2.05, 4.69) is 4.98 Å². The maximum Gasteiger partial charge on any atom is 0.381 e. The first-order chi connectivity index (χ1) is 16.9. The van der Waals surface area contributed by atoms with E-state index in [-0.39, 0.29) is 10.6 Å². The standard InChI is InChI=1S/C23H16N2O4S2.ClHO4/c1-31(27,28)16-8-9-18-22(12-16)30-23(24-18)25-19-13-21(14-5-3-2-4-6-14)29-20-10-7-15(26)11-17(19)20;2-1(3,4)5/h2-13,26H,1H3;(H,2,3,4,5)/b25-19+;. The summed E-state index contributed by atoms with van der Waals surface area (Å²) >= 11 is 1.36. The van der Waals surface area contributed by atoms with Crippen molar-refractivity contribution in [1.29, 1.82) is 0 Å². The summed E-state index contributed by atoms with van der Waals surface area (Å²) < 4.78 is 64.5. The van der Waals surface area contributed by atoms with E-state index < -0.39 is 20.1 Å². The molecule has 0 amide bonds. The Morgan fingerprint density at radius 2 is 1.67 bits per heavy atom. The summed E-state index contributed by atoms with van der Waals surface area (Å²) in [5, 5.41) is 11.9. The third-order valence-corrected chi connectivity index (χ3v) is 6.89. The van der Waals surface area contributed by atoms with Gasteiger partial charge >= 0.3 is 5.13 Å². The second kappa shape index (κ2) is 9.95. The Morgan fingerprint density at radius 3 is 2.33 bits per heavy atom. The van der Waals surface area contributed by atoms with Gasteiger partial charge < -0.3 is 9.52 Å². The summed E-state index contributed by atoms with van der Waals surface area (Å²) in [6.07, 6.45) is 1.19. The Morgan fingerprint density at radius 1 is 0.972 bits per heavy atom. The Balaban J connectivity index is 0.000000556. The summed E-state index contributed by atoms with van der Waals surface area (Å²) in [6.45, 7) is 0. The van der Waals surface area contributed by atoms with Crippen molar-refractivity contribution in [3.05, 3.63) is 78.2 Å². The van der Waals surface area contributed by atoms with Crippen LogP contribution in [0.2, 0.25) is 0 Å². The highest BCUT2D eigenvalue weighted by Crippen LogP contribution is 2.28. The molecule has 5 aromatic rings. The number of phenolic OH excluding ortho intramolecular Hbond substituents is 1. The van der Waals surface area contributed by atoms with Crippen molar-refractivity contribution in [2.45, 2.75) is 4.90 Å². The molecule has 0 spiro atoms. The average molecular weight is 549 g/mol. The Kier molecular flexibility index (Phi) is 7.11. The fourth-order valence-corrected chi connectivity index (χ4v) is 4.97. The smallest absolute Gasteiger partial charge is 0.381 e. The molecule has 3 aromatic carbocycles. The highest BCUT2D eigenvalue weighted by atomic mass is 35.7. The molecule has 5 rings (SSSR count). The van der Waals surface area contributed by atoms with Crippen LogP contribution < -0.4 is 29.0 Å². The van der Waals surface area contributed by atoms with Crippen molar-refractivity contribution in [3.63, 3.8) is 0 Å². The zero-order valence-electron chi connectivity index (χ0n) is 18.4. The molecule has 0 radical (unpaired) electrons. The monoisotopic (exact) mass is 548 g/mol. The van der Waals surface area contributed by atoms with E-state index in [0.717, 1.165) is 15.8 Å². The quantitative estimate of drug-likeness (QED) is 0.318. The summed E-state index contributed by atoms with van der Waals surface area (Å²) in [6, 6.07) is 21.4. The number of nitrogens with one attached hydrogen (secondary N) is 1. The maximum atomic E-state index is 11.9. The lowest BCUT2D eigenvalue weighted by atomic mass is 10.1. The molecule has 36 heavy (non-hydrogen) atoms. The minimum atomic E-state index is -4.94. The third-order valence-electron chi connectivity index (χ3n) is 4.84. The molecule has 0 atom stereocenters. The largest absolute Gasteiger partial charge is 0.508 e. The van der Waals surface area contributed by atoms with Crippen LogP contribution in [-0.2, 0) is 9.84 Å². The molecule has 10 nitrogen and oxygen atoms in total. The number of aromatic amines is 1. The predicted octanol–water partition coefficient (Wildman–Crippen LogP) is -0.286. The lowest BCUT2D eigenvalue weighted by Gasteiger charge is -2.17. The second-order valence-electron chi connectivity index (χ2n) is 7.49. The lowest BCUT2D eigenvalue weighted by Crippen LogP contribution is -2.68. The number of nitrogens with zero attached hydrogens (tertiary/aromatic N) is 1. The van der Waals surface area contributed by atoms with E-state index in [9.17, 15) is 13.5 Å². The highest BCUT2D eigenvalue weighted by molar-refractivity contribution is 7.90. The van der Waals surface area contributed by atoms with Gasteiger partial charge in [-0.1, -0.05) is 30.3 Å². The minimum absolute atomic E-state index is 0.115. The van der Waals surface area contributed by atoms with Crippen molar-refractivity contribution in [2.75, 3.05) is 6.26 Å². The number of thiazole rings is 1. The average Bonchev–Trinajstić information content (AvgIpc) is 3.20. The zero-order chi connectivity index (χ0) is 26.1. The van der Waals surface area contributed by atoms with Crippen LogP contribution in [-0.4, -0.2) is 19.8 Å². The number of halogens is 1. The van der Waals surface area contributed by atoms with Gasteiger partial charge in [-0.2, -0.15) is 0 Å². The molecule has 186 valence electrons. The number of phenols is 1. The van der Waals surface area contributed by atoms with Gasteiger partial charge in [0.15, 0.2) is 15.2 Å². The number of hydrogen-bond acceptors (Lipinski definition) is 10. The van der Waals surface area contributed by atoms with Crippen LogP contribution in [0.3, 0.4) is 0 Å². The predicted molar refractivity (Wildman–Crippen MR) is 120 cm³/mol. The number of fused-ring (bicyclic) bond motifs is 2. The highest BCUT2D eigenvalue weighted by Gasteiger charge is 2.16. The van der Waals surface area contributed by atoms with Gasteiger partial charge in [-0.05, 0) is 52.7 Å². The summed E-state index contributed by atoms with van der Waals surface area (Å²) in [7, 11) is -8.24. The number of hydrogen-bond donors (Lipinski definition) is 1. The lowest BCUT2D eigenvalue weighted by molar-refractivity contribution is -2.00. The molecule has 0 bridgehead atoms. The van der Waals surface area contributed by atoms with Crippen LogP contribution >= 0.6 is 11.3 Å². The molecule has 0 unspecified atom stereocenters. The maximum absolute atomic E-state index is 11.9. The minimum Gasteiger partial charge on any atom is -0.508 e.